The fourth-order valence-electron chi connectivity index (χ4n) is 2.86. The SMILES string of the molecule is Cn1ccc2cccc(C(=O)n3ncc4cc(N)ccc43)c21. The zero-order valence-corrected chi connectivity index (χ0v) is 12.0. The summed E-state index contributed by atoms with van der Waals surface area (Å²) in [6.07, 6.45) is 3.61. The number of fused-ring (bicyclic) bond motifs is 2. The van der Waals surface area contributed by atoms with Gasteiger partial charge in [-0.1, -0.05) is 12.1 Å². The molecule has 0 aliphatic heterocycles. The fraction of sp³-hybridized carbons (Fsp3) is 0.0588. The van der Waals surface area contributed by atoms with Gasteiger partial charge in [-0.2, -0.15) is 9.78 Å². The van der Waals surface area contributed by atoms with Gasteiger partial charge in [-0.25, -0.2) is 0 Å². The lowest BCUT2D eigenvalue weighted by atomic mass is 10.1. The molecule has 2 aromatic carbocycles. The Morgan fingerprint density at radius 3 is 2.86 bits per heavy atom. The Labute approximate surface area is 126 Å². The van der Waals surface area contributed by atoms with E-state index in [0.29, 0.717) is 11.3 Å². The summed E-state index contributed by atoms with van der Waals surface area (Å²) in [5.41, 5.74) is 8.73. The highest BCUT2D eigenvalue weighted by molar-refractivity contribution is 6.09. The highest BCUT2D eigenvalue weighted by atomic mass is 16.2. The number of carbonyl (C=O) groups is 1. The van der Waals surface area contributed by atoms with Crippen molar-refractivity contribution in [2.45, 2.75) is 0 Å². The molecule has 0 atom stereocenters. The van der Waals surface area contributed by atoms with Crippen LogP contribution in [0.1, 0.15) is 10.4 Å². The summed E-state index contributed by atoms with van der Waals surface area (Å²) in [5.74, 6) is -0.146. The smallest absolute Gasteiger partial charge is 0.280 e. The van der Waals surface area contributed by atoms with Crippen LogP contribution < -0.4 is 5.73 Å². The molecule has 0 bridgehead atoms. The number of anilines is 1. The number of para-hydroxylation sites is 1. The van der Waals surface area contributed by atoms with Crippen LogP contribution in [-0.2, 0) is 7.05 Å². The molecule has 2 aromatic heterocycles. The molecule has 5 nitrogen and oxygen atoms in total. The van der Waals surface area contributed by atoms with Gasteiger partial charge in [0.2, 0.25) is 0 Å². The van der Waals surface area contributed by atoms with E-state index in [-0.39, 0.29) is 5.91 Å². The highest BCUT2D eigenvalue weighted by Gasteiger charge is 2.17. The molecule has 4 aromatic rings. The first kappa shape index (κ1) is 12.6. The second-order valence-electron chi connectivity index (χ2n) is 5.35. The molecule has 0 fully saturated rings. The van der Waals surface area contributed by atoms with Crippen LogP contribution in [0.2, 0.25) is 0 Å². The number of aromatic nitrogens is 3. The minimum Gasteiger partial charge on any atom is -0.399 e. The van der Waals surface area contributed by atoms with Gasteiger partial charge >= 0.3 is 0 Å². The van der Waals surface area contributed by atoms with Gasteiger partial charge in [0.1, 0.15) is 0 Å². The molecule has 22 heavy (non-hydrogen) atoms. The first-order chi connectivity index (χ1) is 10.6. The number of nitrogens with two attached hydrogens (primary N) is 1. The average molecular weight is 290 g/mol. The first-order valence-electron chi connectivity index (χ1n) is 6.97. The van der Waals surface area contributed by atoms with E-state index in [2.05, 4.69) is 5.10 Å². The molecule has 0 aliphatic rings. The maximum Gasteiger partial charge on any atom is 0.280 e. The van der Waals surface area contributed by atoms with E-state index < -0.39 is 0 Å². The van der Waals surface area contributed by atoms with E-state index in [0.717, 1.165) is 21.8 Å². The standard InChI is InChI=1S/C17H14N4O/c1-20-8-7-11-3-2-4-14(16(11)20)17(22)21-15-6-5-13(18)9-12(15)10-19-21/h2-10H,18H2,1H3. The molecule has 0 amide bonds. The molecule has 2 heterocycles. The molecule has 0 saturated heterocycles. The van der Waals surface area contributed by atoms with Gasteiger partial charge in [0.15, 0.2) is 0 Å². The number of carbonyl (C=O) groups excluding carboxylic acids is 1. The van der Waals surface area contributed by atoms with E-state index in [4.69, 9.17) is 5.73 Å². The highest BCUT2D eigenvalue weighted by Crippen LogP contribution is 2.23. The predicted octanol–water partition coefficient (Wildman–Crippen LogP) is 2.80. The van der Waals surface area contributed by atoms with Crippen LogP contribution in [0.15, 0.2) is 54.9 Å². The number of rotatable bonds is 1. The summed E-state index contributed by atoms with van der Waals surface area (Å²) in [4.78, 5) is 12.9. The van der Waals surface area contributed by atoms with Crippen LogP contribution in [0.3, 0.4) is 0 Å². The number of nitrogen functional groups attached to an aromatic ring is 1. The summed E-state index contributed by atoms with van der Waals surface area (Å²) in [5, 5.41) is 6.13. The summed E-state index contributed by atoms with van der Waals surface area (Å²) in [7, 11) is 1.93. The monoisotopic (exact) mass is 290 g/mol. The van der Waals surface area contributed by atoms with E-state index >= 15 is 0 Å². The van der Waals surface area contributed by atoms with Gasteiger partial charge in [0, 0.05) is 29.7 Å². The van der Waals surface area contributed by atoms with Gasteiger partial charge in [-0.05, 0) is 30.3 Å². The van der Waals surface area contributed by atoms with Crippen LogP contribution in [-0.4, -0.2) is 20.3 Å². The van der Waals surface area contributed by atoms with Crippen molar-refractivity contribution < 1.29 is 4.79 Å². The van der Waals surface area contributed by atoms with Crippen molar-refractivity contribution in [3.63, 3.8) is 0 Å². The van der Waals surface area contributed by atoms with Crippen molar-refractivity contribution in [2.24, 2.45) is 7.05 Å². The Kier molecular flexibility index (Phi) is 2.56. The van der Waals surface area contributed by atoms with Gasteiger partial charge in [-0.3, -0.25) is 4.79 Å². The van der Waals surface area contributed by atoms with Crippen molar-refractivity contribution in [1.29, 1.82) is 0 Å². The third kappa shape index (κ3) is 1.72. The molecule has 0 aliphatic carbocycles. The van der Waals surface area contributed by atoms with Crippen molar-refractivity contribution in [1.82, 2.24) is 14.3 Å². The van der Waals surface area contributed by atoms with Crippen molar-refractivity contribution >= 4 is 33.4 Å². The van der Waals surface area contributed by atoms with Crippen LogP contribution in [0.25, 0.3) is 21.8 Å². The summed E-state index contributed by atoms with van der Waals surface area (Å²) < 4.78 is 3.38. The van der Waals surface area contributed by atoms with Gasteiger partial charge in [0.05, 0.1) is 22.8 Å². The van der Waals surface area contributed by atoms with Crippen molar-refractivity contribution in [3.05, 3.63) is 60.4 Å². The predicted molar refractivity (Wildman–Crippen MR) is 86.8 cm³/mol. The van der Waals surface area contributed by atoms with E-state index in [1.54, 1.807) is 12.3 Å². The maximum atomic E-state index is 12.9. The minimum atomic E-state index is -0.146. The van der Waals surface area contributed by atoms with Crippen LogP contribution in [0.5, 0.6) is 0 Å². The molecule has 5 heteroatoms. The quantitative estimate of drug-likeness (QED) is 0.548. The Bertz CT molecular complexity index is 1030. The van der Waals surface area contributed by atoms with Gasteiger partial charge < -0.3 is 10.3 Å². The molecule has 2 N–H and O–H groups in total. The molecular weight excluding hydrogens is 276 g/mol. The number of aryl methyl sites for hydroxylation is 1. The molecule has 108 valence electrons. The Balaban J connectivity index is 1.94. The number of nitrogens with zero attached hydrogens (tertiary/aromatic N) is 3. The lowest BCUT2D eigenvalue weighted by molar-refractivity contribution is 0.0952. The molecule has 0 spiro atoms. The largest absolute Gasteiger partial charge is 0.399 e. The third-order valence-electron chi connectivity index (χ3n) is 3.91. The van der Waals surface area contributed by atoms with E-state index in [9.17, 15) is 4.79 Å². The van der Waals surface area contributed by atoms with Crippen LogP contribution in [0, 0.1) is 0 Å². The van der Waals surface area contributed by atoms with Crippen LogP contribution >= 0.6 is 0 Å². The van der Waals surface area contributed by atoms with E-state index in [1.165, 1.54) is 4.68 Å². The molecular formula is C17H14N4O. The second kappa shape index (κ2) is 4.46. The Hall–Kier alpha value is -3.08. The summed E-state index contributed by atoms with van der Waals surface area (Å²) in [6.45, 7) is 0. The minimum absolute atomic E-state index is 0.146. The molecule has 0 unspecified atom stereocenters. The number of hydrogen-bond acceptors (Lipinski definition) is 3. The molecule has 0 radical (unpaired) electrons. The lowest BCUT2D eigenvalue weighted by Gasteiger charge is -2.06. The number of benzene rings is 2. The Morgan fingerprint density at radius 2 is 2.00 bits per heavy atom. The average Bonchev–Trinajstić information content (AvgIpc) is 3.10. The first-order valence-corrected chi connectivity index (χ1v) is 6.97. The van der Waals surface area contributed by atoms with Crippen molar-refractivity contribution in [3.8, 4) is 0 Å². The third-order valence-corrected chi connectivity index (χ3v) is 3.91. The van der Waals surface area contributed by atoms with Crippen LogP contribution in [0.4, 0.5) is 5.69 Å². The summed E-state index contributed by atoms with van der Waals surface area (Å²) >= 11 is 0. The topological polar surface area (TPSA) is 65.8 Å². The Morgan fingerprint density at radius 1 is 1.14 bits per heavy atom. The van der Waals surface area contributed by atoms with E-state index in [1.807, 2.05) is 54.2 Å². The fourth-order valence-corrected chi connectivity index (χ4v) is 2.86. The maximum absolute atomic E-state index is 12.9. The van der Waals surface area contributed by atoms with Gasteiger partial charge in [0.25, 0.3) is 5.91 Å². The second-order valence-corrected chi connectivity index (χ2v) is 5.35. The van der Waals surface area contributed by atoms with Crippen molar-refractivity contribution in [2.75, 3.05) is 5.73 Å². The molecule has 4 rings (SSSR count). The van der Waals surface area contributed by atoms with Gasteiger partial charge in [-0.15, -0.1) is 0 Å². The molecule has 0 saturated carbocycles. The lowest BCUT2D eigenvalue weighted by Crippen LogP contribution is -2.14. The number of hydrogen-bond donors (Lipinski definition) is 1. The normalized spacial score (nSPS) is 11.3. The summed E-state index contributed by atoms with van der Waals surface area (Å²) in [6, 6.07) is 13.1. The zero-order chi connectivity index (χ0) is 15.3. The zero-order valence-electron chi connectivity index (χ0n) is 12.0.